The molecule has 1 aliphatic rings. The van der Waals surface area contributed by atoms with Crippen LogP contribution in [-0.2, 0) is 0 Å². The van der Waals surface area contributed by atoms with E-state index in [1.807, 2.05) is 0 Å². The highest BCUT2D eigenvalue weighted by molar-refractivity contribution is 5.81. The van der Waals surface area contributed by atoms with Crippen LogP contribution < -0.4 is 10.6 Å². The minimum absolute atomic E-state index is 0.0398. The van der Waals surface area contributed by atoms with Gasteiger partial charge in [-0.05, 0) is 39.7 Å². The van der Waals surface area contributed by atoms with Crippen LogP contribution in [0.2, 0.25) is 0 Å². The zero-order chi connectivity index (χ0) is 13.9. The van der Waals surface area contributed by atoms with E-state index in [0.29, 0.717) is 12.0 Å². The Morgan fingerprint density at radius 2 is 1.95 bits per heavy atom. The van der Waals surface area contributed by atoms with Crippen LogP contribution in [0, 0.1) is 0 Å². The second-order valence-electron chi connectivity index (χ2n) is 6.20. The number of hydrogen-bond donors (Lipinski definition) is 2. The minimum atomic E-state index is 0.0398. The summed E-state index contributed by atoms with van der Waals surface area (Å²) in [7, 11) is 0. The second kappa shape index (κ2) is 5.64. The fourth-order valence-electron chi connectivity index (χ4n) is 2.23. The second-order valence-corrected chi connectivity index (χ2v) is 6.20. The Morgan fingerprint density at radius 3 is 2.53 bits per heavy atom. The molecule has 0 saturated heterocycles. The molecule has 1 aromatic rings. The van der Waals surface area contributed by atoms with E-state index in [1.54, 1.807) is 0 Å². The molecular formula is C16H25N3. The van der Waals surface area contributed by atoms with Crippen molar-refractivity contribution in [2.24, 2.45) is 4.99 Å². The number of nitrogens with zero attached hydrogens (tertiary/aromatic N) is 1. The summed E-state index contributed by atoms with van der Waals surface area (Å²) in [5.74, 6) is 1.56. The van der Waals surface area contributed by atoms with Crippen LogP contribution in [0.3, 0.4) is 0 Å². The molecular weight excluding hydrogens is 234 g/mol. The summed E-state index contributed by atoms with van der Waals surface area (Å²) in [5.41, 5.74) is 1.46. The van der Waals surface area contributed by atoms with Gasteiger partial charge in [0.2, 0.25) is 0 Å². The van der Waals surface area contributed by atoms with Gasteiger partial charge in [-0.3, -0.25) is 4.99 Å². The van der Waals surface area contributed by atoms with Crippen molar-refractivity contribution in [3.63, 3.8) is 0 Å². The van der Waals surface area contributed by atoms with Crippen LogP contribution in [0.4, 0.5) is 0 Å². The fraction of sp³-hybridized carbons (Fsp3) is 0.562. The lowest BCUT2D eigenvalue weighted by molar-refractivity contribution is 0.500. The molecule has 2 unspecified atom stereocenters. The van der Waals surface area contributed by atoms with Crippen molar-refractivity contribution in [2.45, 2.75) is 51.6 Å². The highest BCUT2D eigenvalue weighted by Gasteiger charge is 2.39. The van der Waals surface area contributed by atoms with Gasteiger partial charge < -0.3 is 10.6 Å². The van der Waals surface area contributed by atoms with E-state index in [1.165, 1.54) is 12.0 Å². The van der Waals surface area contributed by atoms with Crippen LogP contribution in [0.5, 0.6) is 0 Å². The van der Waals surface area contributed by atoms with Crippen LogP contribution in [0.15, 0.2) is 35.3 Å². The highest BCUT2D eigenvalue weighted by Crippen LogP contribution is 2.40. The van der Waals surface area contributed by atoms with Crippen molar-refractivity contribution in [1.82, 2.24) is 10.6 Å². The van der Waals surface area contributed by atoms with Crippen molar-refractivity contribution in [3.8, 4) is 0 Å². The smallest absolute Gasteiger partial charge is 0.191 e. The normalized spacial score (nSPS) is 23.1. The lowest BCUT2D eigenvalue weighted by Gasteiger charge is -2.24. The van der Waals surface area contributed by atoms with Gasteiger partial charge in [0, 0.05) is 24.0 Å². The largest absolute Gasteiger partial charge is 0.353 e. The van der Waals surface area contributed by atoms with E-state index in [2.05, 4.69) is 73.7 Å². The topological polar surface area (TPSA) is 36.4 Å². The average molecular weight is 259 g/mol. The number of nitrogens with one attached hydrogen (secondary N) is 2. The summed E-state index contributed by atoms with van der Waals surface area (Å²) < 4.78 is 0. The Bertz CT molecular complexity index is 431. The third-order valence-corrected chi connectivity index (χ3v) is 3.15. The first kappa shape index (κ1) is 13.9. The van der Waals surface area contributed by atoms with Gasteiger partial charge in [-0.15, -0.1) is 0 Å². The van der Waals surface area contributed by atoms with Gasteiger partial charge in [0.05, 0.1) is 0 Å². The van der Waals surface area contributed by atoms with Gasteiger partial charge in [0.1, 0.15) is 0 Å². The molecule has 19 heavy (non-hydrogen) atoms. The number of rotatable bonds is 3. The van der Waals surface area contributed by atoms with Gasteiger partial charge >= 0.3 is 0 Å². The Kier molecular flexibility index (Phi) is 4.13. The minimum Gasteiger partial charge on any atom is -0.353 e. The van der Waals surface area contributed by atoms with Crippen molar-refractivity contribution in [3.05, 3.63) is 35.9 Å². The Hall–Kier alpha value is -1.51. The van der Waals surface area contributed by atoms with Crippen molar-refractivity contribution < 1.29 is 0 Å². The quantitative estimate of drug-likeness (QED) is 0.647. The van der Waals surface area contributed by atoms with E-state index in [4.69, 9.17) is 0 Å². The zero-order valence-corrected chi connectivity index (χ0v) is 12.4. The van der Waals surface area contributed by atoms with E-state index < -0.39 is 0 Å². The summed E-state index contributed by atoms with van der Waals surface area (Å²) in [6.45, 7) is 9.33. The molecule has 3 nitrogen and oxygen atoms in total. The summed E-state index contributed by atoms with van der Waals surface area (Å²) >= 11 is 0. The lowest BCUT2D eigenvalue weighted by Crippen LogP contribution is -2.48. The standard InChI is InChI=1S/C16H25N3/c1-5-17-15(19-16(2,3)4)18-14-11-13(14)12-9-7-6-8-10-12/h6-10,13-14H,5,11H2,1-4H3,(H2,17,18,19). The first-order valence-electron chi connectivity index (χ1n) is 7.13. The molecule has 3 heteroatoms. The summed E-state index contributed by atoms with van der Waals surface area (Å²) in [6, 6.07) is 11.2. The lowest BCUT2D eigenvalue weighted by atomic mass is 10.1. The van der Waals surface area contributed by atoms with Gasteiger partial charge in [0.25, 0.3) is 0 Å². The molecule has 1 aromatic carbocycles. The number of benzene rings is 1. The molecule has 0 aliphatic heterocycles. The molecule has 2 rings (SSSR count). The first-order chi connectivity index (χ1) is 8.99. The zero-order valence-electron chi connectivity index (χ0n) is 12.4. The maximum Gasteiger partial charge on any atom is 0.191 e. The van der Waals surface area contributed by atoms with E-state index >= 15 is 0 Å². The van der Waals surface area contributed by atoms with Gasteiger partial charge in [-0.1, -0.05) is 30.3 Å². The maximum absolute atomic E-state index is 4.51. The summed E-state index contributed by atoms with van der Waals surface area (Å²) in [5, 5.41) is 6.98. The van der Waals surface area contributed by atoms with Gasteiger partial charge in [-0.25, -0.2) is 0 Å². The van der Waals surface area contributed by atoms with Crippen molar-refractivity contribution in [1.29, 1.82) is 0 Å². The maximum atomic E-state index is 4.51. The molecule has 1 fully saturated rings. The third-order valence-electron chi connectivity index (χ3n) is 3.15. The average Bonchev–Trinajstić information content (AvgIpc) is 3.08. The van der Waals surface area contributed by atoms with E-state index in [9.17, 15) is 0 Å². The Morgan fingerprint density at radius 1 is 1.26 bits per heavy atom. The van der Waals surface area contributed by atoms with E-state index in [-0.39, 0.29) is 5.54 Å². The number of hydrogen-bond acceptors (Lipinski definition) is 1. The monoisotopic (exact) mass is 259 g/mol. The molecule has 1 saturated carbocycles. The SMILES string of the molecule is CCN=C(NC1CC1c1ccccc1)NC(C)(C)C. The molecule has 1 aliphatic carbocycles. The van der Waals surface area contributed by atoms with Crippen molar-refractivity contribution >= 4 is 5.96 Å². The van der Waals surface area contributed by atoms with Crippen molar-refractivity contribution in [2.75, 3.05) is 6.54 Å². The van der Waals surface area contributed by atoms with Gasteiger partial charge in [0.15, 0.2) is 5.96 Å². The van der Waals surface area contributed by atoms with E-state index in [0.717, 1.165) is 12.5 Å². The summed E-state index contributed by atoms with van der Waals surface area (Å²) in [6.07, 6.45) is 1.19. The van der Waals surface area contributed by atoms with Crippen LogP contribution >= 0.6 is 0 Å². The van der Waals surface area contributed by atoms with Crippen LogP contribution in [-0.4, -0.2) is 24.1 Å². The fourth-order valence-corrected chi connectivity index (χ4v) is 2.23. The predicted molar refractivity (Wildman–Crippen MR) is 81.6 cm³/mol. The highest BCUT2D eigenvalue weighted by atomic mass is 15.2. The summed E-state index contributed by atoms with van der Waals surface area (Å²) in [4.78, 5) is 4.51. The molecule has 0 amide bonds. The van der Waals surface area contributed by atoms with Crippen LogP contribution in [0.25, 0.3) is 0 Å². The number of aliphatic imine (C=N–C) groups is 1. The molecule has 0 heterocycles. The molecule has 0 radical (unpaired) electrons. The Labute approximate surface area is 116 Å². The third kappa shape index (κ3) is 4.27. The predicted octanol–water partition coefficient (Wildman–Crippen LogP) is 2.90. The van der Waals surface area contributed by atoms with Gasteiger partial charge in [-0.2, -0.15) is 0 Å². The Balaban J connectivity index is 1.92. The molecule has 104 valence electrons. The van der Waals surface area contributed by atoms with Crippen LogP contribution in [0.1, 0.15) is 45.6 Å². The number of guanidine groups is 1. The molecule has 0 aromatic heterocycles. The molecule has 2 N–H and O–H groups in total. The molecule has 0 spiro atoms. The first-order valence-corrected chi connectivity index (χ1v) is 7.13. The molecule has 0 bridgehead atoms. The molecule has 2 atom stereocenters.